The van der Waals surface area contributed by atoms with E-state index < -0.39 is 0 Å². The van der Waals surface area contributed by atoms with Crippen LogP contribution < -0.4 is 9.47 Å². The maximum absolute atomic E-state index is 12.9. The highest BCUT2D eigenvalue weighted by Crippen LogP contribution is 2.28. The Hall–Kier alpha value is -2.53. The molecule has 1 saturated heterocycles. The van der Waals surface area contributed by atoms with E-state index in [2.05, 4.69) is 12.1 Å². The van der Waals surface area contributed by atoms with Gasteiger partial charge in [0.2, 0.25) is 5.91 Å². The van der Waals surface area contributed by atoms with Crippen LogP contribution in [-0.4, -0.2) is 50.3 Å². The predicted molar refractivity (Wildman–Crippen MR) is 104 cm³/mol. The zero-order valence-electron chi connectivity index (χ0n) is 16.2. The van der Waals surface area contributed by atoms with E-state index in [0.29, 0.717) is 31.0 Å². The molecule has 1 aliphatic rings. The van der Waals surface area contributed by atoms with Crippen molar-refractivity contribution in [1.29, 1.82) is 0 Å². The van der Waals surface area contributed by atoms with Crippen LogP contribution in [0.5, 0.6) is 11.5 Å². The summed E-state index contributed by atoms with van der Waals surface area (Å²) in [6, 6.07) is 15.9. The molecule has 2 aromatic rings. The van der Waals surface area contributed by atoms with E-state index in [-0.39, 0.29) is 18.1 Å². The Labute approximate surface area is 160 Å². The number of nitrogens with zero attached hydrogens (tertiary/aromatic N) is 1. The first-order valence-corrected chi connectivity index (χ1v) is 9.27. The van der Waals surface area contributed by atoms with Crippen molar-refractivity contribution in [3.63, 3.8) is 0 Å². The molecule has 27 heavy (non-hydrogen) atoms. The first kappa shape index (κ1) is 19.2. The quantitative estimate of drug-likeness (QED) is 0.785. The molecule has 5 heteroatoms. The number of ether oxygens (including phenoxy) is 3. The Balaban J connectivity index is 1.65. The lowest BCUT2D eigenvalue weighted by Gasteiger charge is -2.37. The van der Waals surface area contributed by atoms with Gasteiger partial charge in [-0.15, -0.1) is 0 Å². The molecule has 2 atom stereocenters. The number of morpholine rings is 1. The standard InChI is InChI=1S/C22H27NO4/c1-16-14-23(15-19(27-16)11-17-7-5-4-6-8-17)22(24)13-18-9-10-20(25-2)21(12-18)26-3/h4-10,12,16,19H,11,13-15H2,1-3H3. The van der Waals surface area contributed by atoms with Gasteiger partial charge in [-0.05, 0) is 30.2 Å². The lowest BCUT2D eigenvalue weighted by Crippen LogP contribution is -2.50. The number of benzene rings is 2. The van der Waals surface area contributed by atoms with Crippen molar-refractivity contribution < 1.29 is 19.0 Å². The van der Waals surface area contributed by atoms with Crippen LogP contribution in [0.4, 0.5) is 0 Å². The zero-order chi connectivity index (χ0) is 19.2. The average Bonchev–Trinajstić information content (AvgIpc) is 2.68. The van der Waals surface area contributed by atoms with Crippen LogP contribution >= 0.6 is 0 Å². The molecule has 0 bridgehead atoms. The minimum absolute atomic E-state index is 0.0190. The van der Waals surface area contributed by atoms with Gasteiger partial charge in [0.15, 0.2) is 11.5 Å². The minimum Gasteiger partial charge on any atom is -0.493 e. The van der Waals surface area contributed by atoms with Gasteiger partial charge in [-0.3, -0.25) is 4.79 Å². The molecule has 5 nitrogen and oxygen atoms in total. The Bertz CT molecular complexity index is 762. The van der Waals surface area contributed by atoms with Crippen molar-refractivity contribution in [1.82, 2.24) is 4.90 Å². The average molecular weight is 369 g/mol. The van der Waals surface area contributed by atoms with E-state index in [4.69, 9.17) is 14.2 Å². The molecule has 144 valence electrons. The van der Waals surface area contributed by atoms with Crippen LogP contribution in [0.3, 0.4) is 0 Å². The molecule has 1 amide bonds. The van der Waals surface area contributed by atoms with E-state index in [9.17, 15) is 4.79 Å². The van der Waals surface area contributed by atoms with E-state index in [1.165, 1.54) is 5.56 Å². The highest BCUT2D eigenvalue weighted by atomic mass is 16.5. The first-order chi connectivity index (χ1) is 13.1. The number of methoxy groups -OCH3 is 2. The van der Waals surface area contributed by atoms with Crippen LogP contribution in [0.1, 0.15) is 18.1 Å². The molecule has 0 aliphatic carbocycles. The summed E-state index contributed by atoms with van der Waals surface area (Å²) in [5, 5.41) is 0. The molecule has 2 aromatic carbocycles. The molecule has 2 unspecified atom stereocenters. The molecule has 0 saturated carbocycles. The SMILES string of the molecule is COc1ccc(CC(=O)N2CC(C)OC(Cc3ccccc3)C2)cc1OC. The maximum atomic E-state index is 12.9. The van der Waals surface area contributed by atoms with E-state index in [1.807, 2.05) is 48.2 Å². The lowest BCUT2D eigenvalue weighted by molar-refractivity contribution is -0.143. The fraction of sp³-hybridized carbons (Fsp3) is 0.409. The summed E-state index contributed by atoms with van der Waals surface area (Å²) >= 11 is 0. The van der Waals surface area contributed by atoms with Gasteiger partial charge < -0.3 is 19.1 Å². The van der Waals surface area contributed by atoms with Crippen molar-refractivity contribution >= 4 is 5.91 Å². The number of amides is 1. The summed E-state index contributed by atoms with van der Waals surface area (Å²) in [7, 11) is 3.20. The van der Waals surface area contributed by atoms with Gasteiger partial charge >= 0.3 is 0 Å². The molecule has 0 spiro atoms. The third-order valence-electron chi connectivity index (χ3n) is 4.79. The monoisotopic (exact) mass is 369 g/mol. The van der Waals surface area contributed by atoms with Gasteiger partial charge in [0.25, 0.3) is 0 Å². The summed E-state index contributed by atoms with van der Waals surface area (Å²) in [5.74, 6) is 1.41. The lowest BCUT2D eigenvalue weighted by atomic mass is 10.0. The summed E-state index contributed by atoms with van der Waals surface area (Å²) in [6.45, 7) is 3.26. The van der Waals surface area contributed by atoms with E-state index in [0.717, 1.165) is 12.0 Å². The number of rotatable bonds is 6. The van der Waals surface area contributed by atoms with E-state index in [1.54, 1.807) is 14.2 Å². The third-order valence-corrected chi connectivity index (χ3v) is 4.79. The normalized spacial score (nSPS) is 19.6. The van der Waals surface area contributed by atoms with Crippen molar-refractivity contribution in [2.75, 3.05) is 27.3 Å². The summed E-state index contributed by atoms with van der Waals surface area (Å²) < 4.78 is 16.7. The third kappa shape index (κ3) is 5.01. The Kier molecular flexibility index (Phi) is 6.35. The van der Waals surface area contributed by atoms with Crippen LogP contribution in [0.25, 0.3) is 0 Å². The second-order valence-corrected chi connectivity index (χ2v) is 6.92. The second-order valence-electron chi connectivity index (χ2n) is 6.92. The molecule has 0 radical (unpaired) electrons. The largest absolute Gasteiger partial charge is 0.493 e. The highest BCUT2D eigenvalue weighted by molar-refractivity contribution is 5.79. The van der Waals surface area contributed by atoms with Crippen LogP contribution in [0, 0.1) is 0 Å². The Morgan fingerprint density at radius 2 is 1.78 bits per heavy atom. The molecule has 1 aliphatic heterocycles. The summed E-state index contributed by atoms with van der Waals surface area (Å²) in [5.41, 5.74) is 2.14. The van der Waals surface area contributed by atoms with Gasteiger partial charge in [-0.1, -0.05) is 36.4 Å². The molecule has 1 heterocycles. The van der Waals surface area contributed by atoms with Crippen LogP contribution in [-0.2, 0) is 22.4 Å². The Morgan fingerprint density at radius 1 is 1.04 bits per heavy atom. The number of hydrogen-bond donors (Lipinski definition) is 0. The number of carbonyl (C=O) groups is 1. The summed E-state index contributed by atoms with van der Waals surface area (Å²) in [4.78, 5) is 14.8. The first-order valence-electron chi connectivity index (χ1n) is 9.27. The van der Waals surface area contributed by atoms with E-state index >= 15 is 0 Å². The molecular weight excluding hydrogens is 342 g/mol. The molecule has 0 N–H and O–H groups in total. The zero-order valence-corrected chi connectivity index (χ0v) is 16.2. The summed E-state index contributed by atoms with van der Waals surface area (Å²) in [6.07, 6.45) is 1.20. The van der Waals surface area contributed by atoms with Gasteiger partial charge in [-0.2, -0.15) is 0 Å². The fourth-order valence-electron chi connectivity index (χ4n) is 3.52. The second kappa shape index (κ2) is 8.91. The Morgan fingerprint density at radius 3 is 2.48 bits per heavy atom. The molecule has 0 aromatic heterocycles. The predicted octanol–water partition coefficient (Wildman–Crippen LogP) is 3.10. The van der Waals surface area contributed by atoms with Crippen molar-refractivity contribution in [3.05, 3.63) is 59.7 Å². The van der Waals surface area contributed by atoms with Gasteiger partial charge in [0, 0.05) is 19.5 Å². The smallest absolute Gasteiger partial charge is 0.227 e. The fourth-order valence-corrected chi connectivity index (χ4v) is 3.52. The van der Waals surface area contributed by atoms with Gasteiger partial charge in [0.05, 0.1) is 32.8 Å². The maximum Gasteiger partial charge on any atom is 0.227 e. The van der Waals surface area contributed by atoms with Gasteiger partial charge in [0.1, 0.15) is 0 Å². The molecule has 3 rings (SSSR count). The van der Waals surface area contributed by atoms with Gasteiger partial charge in [-0.25, -0.2) is 0 Å². The van der Waals surface area contributed by atoms with Crippen molar-refractivity contribution in [3.8, 4) is 11.5 Å². The molecule has 1 fully saturated rings. The van der Waals surface area contributed by atoms with Crippen LogP contribution in [0.15, 0.2) is 48.5 Å². The topological polar surface area (TPSA) is 48.0 Å². The number of hydrogen-bond acceptors (Lipinski definition) is 4. The van der Waals surface area contributed by atoms with Crippen molar-refractivity contribution in [2.45, 2.75) is 32.0 Å². The van der Waals surface area contributed by atoms with Crippen LogP contribution in [0.2, 0.25) is 0 Å². The highest BCUT2D eigenvalue weighted by Gasteiger charge is 2.28. The number of carbonyl (C=O) groups excluding carboxylic acids is 1. The van der Waals surface area contributed by atoms with Crippen molar-refractivity contribution in [2.24, 2.45) is 0 Å². The molecular formula is C22H27NO4. The minimum atomic E-state index is 0.0190.